The van der Waals surface area contributed by atoms with Gasteiger partial charge in [0.25, 0.3) is 5.91 Å². The molecule has 2 aromatic rings. The summed E-state index contributed by atoms with van der Waals surface area (Å²) in [4.78, 5) is 25.5. The first-order valence-electron chi connectivity index (χ1n) is 8.04. The number of benzene rings is 2. The van der Waals surface area contributed by atoms with E-state index in [0.29, 0.717) is 24.9 Å². The molecule has 3 rings (SSSR count). The van der Waals surface area contributed by atoms with Gasteiger partial charge in [0.2, 0.25) is 0 Å². The molecule has 1 aliphatic heterocycles. The summed E-state index contributed by atoms with van der Waals surface area (Å²) in [5, 5.41) is 9.41. The molecule has 1 fully saturated rings. The van der Waals surface area contributed by atoms with Crippen LogP contribution in [-0.2, 0) is 4.79 Å². The molecule has 0 spiro atoms. The molecule has 0 bridgehead atoms. The fourth-order valence-electron chi connectivity index (χ4n) is 3.19. The molecule has 0 radical (unpaired) electrons. The Balaban J connectivity index is 1.88. The fourth-order valence-corrected chi connectivity index (χ4v) is 3.19. The van der Waals surface area contributed by atoms with Crippen molar-refractivity contribution in [2.24, 2.45) is 0 Å². The summed E-state index contributed by atoms with van der Waals surface area (Å²) in [6.07, 6.45) is 0.973. The van der Waals surface area contributed by atoms with Crippen molar-refractivity contribution < 1.29 is 27.9 Å². The van der Waals surface area contributed by atoms with Crippen molar-refractivity contribution in [2.75, 3.05) is 6.54 Å². The molecule has 26 heavy (non-hydrogen) atoms. The maximum Gasteiger partial charge on any atom is 0.329 e. The van der Waals surface area contributed by atoms with E-state index in [-0.39, 0.29) is 11.1 Å². The second-order valence-corrected chi connectivity index (χ2v) is 6.47. The molecule has 1 atom stereocenters. The first-order chi connectivity index (χ1) is 12.2. The number of rotatable bonds is 3. The largest absolute Gasteiger partial charge is 0.480 e. The van der Waals surface area contributed by atoms with Gasteiger partial charge in [-0.05, 0) is 55.2 Å². The van der Waals surface area contributed by atoms with Gasteiger partial charge >= 0.3 is 5.97 Å². The molecule has 136 valence electrons. The summed E-state index contributed by atoms with van der Waals surface area (Å²) in [5.74, 6) is -5.61. The standard InChI is InChI=1S/C19H16F3NO3/c1-19(18(25)26)7-2-8-23(19)17(24)12-5-3-11(4-6-12)13-9-14(20)16(22)15(21)10-13/h3-6,9-10H,2,7-8H2,1H3,(H,25,26). The Bertz CT molecular complexity index is 859. The molecular weight excluding hydrogens is 347 g/mol. The summed E-state index contributed by atoms with van der Waals surface area (Å²) in [7, 11) is 0. The topological polar surface area (TPSA) is 57.6 Å². The molecule has 1 unspecified atom stereocenters. The Kier molecular flexibility index (Phi) is 4.48. The third-order valence-corrected chi connectivity index (χ3v) is 4.80. The Morgan fingerprint density at radius 2 is 1.62 bits per heavy atom. The van der Waals surface area contributed by atoms with E-state index in [1.54, 1.807) is 0 Å². The highest BCUT2D eigenvalue weighted by atomic mass is 19.2. The second-order valence-electron chi connectivity index (χ2n) is 6.47. The maximum atomic E-state index is 13.4. The molecule has 2 aromatic carbocycles. The predicted molar refractivity (Wildman–Crippen MR) is 88.1 cm³/mol. The quantitative estimate of drug-likeness (QED) is 0.843. The number of halogens is 3. The van der Waals surface area contributed by atoms with Crippen LogP contribution in [0.5, 0.6) is 0 Å². The van der Waals surface area contributed by atoms with Gasteiger partial charge in [0, 0.05) is 12.1 Å². The third-order valence-electron chi connectivity index (χ3n) is 4.80. The van der Waals surface area contributed by atoms with Gasteiger partial charge in [-0.1, -0.05) is 12.1 Å². The van der Waals surface area contributed by atoms with E-state index in [2.05, 4.69) is 0 Å². The summed E-state index contributed by atoms with van der Waals surface area (Å²) in [6, 6.07) is 7.62. The van der Waals surface area contributed by atoms with Gasteiger partial charge in [0.1, 0.15) is 5.54 Å². The van der Waals surface area contributed by atoms with Crippen molar-refractivity contribution in [2.45, 2.75) is 25.3 Å². The average Bonchev–Trinajstić information content (AvgIpc) is 3.02. The second kappa shape index (κ2) is 6.48. The number of nitrogens with zero attached hydrogens (tertiary/aromatic N) is 1. The highest BCUT2D eigenvalue weighted by molar-refractivity contribution is 5.98. The molecule has 1 heterocycles. The van der Waals surface area contributed by atoms with Crippen molar-refractivity contribution in [3.05, 3.63) is 59.4 Å². The maximum absolute atomic E-state index is 13.4. The van der Waals surface area contributed by atoms with Crippen LogP contribution in [-0.4, -0.2) is 34.0 Å². The number of carbonyl (C=O) groups is 2. The first kappa shape index (κ1) is 18.0. The lowest BCUT2D eigenvalue weighted by Gasteiger charge is -2.31. The molecule has 0 aromatic heterocycles. The van der Waals surface area contributed by atoms with Crippen LogP contribution in [0.2, 0.25) is 0 Å². The zero-order valence-electron chi connectivity index (χ0n) is 13.9. The molecule has 7 heteroatoms. The SMILES string of the molecule is CC1(C(=O)O)CCCN1C(=O)c1ccc(-c2cc(F)c(F)c(F)c2)cc1. The minimum atomic E-state index is -1.54. The number of amides is 1. The highest BCUT2D eigenvalue weighted by Crippen LogP contribution is 2.31. The lowest BCUT2D eigenvalue weighted by Crippen LogP contribution is -2.50. The Morgan fingerprint density at radius 1 is 1.04 bits per heavy atom. The van der Waals surface area contributed by atoms with E-state index in [4.69, 9.17) is 0 Å². The number of likely N-dealkylation sites (tertiary alicyclic amines) is 1. The van der Waals surface area contributed by atoms with E-state index < -0.39 is 34.9 Å². The van der Waals surface area contributed by atoms with Gasteiger partial charge in [-0.3, -0.25) is 4.79 Å². The predicted octanol–water partition coefficient (Wildman–Crippen LogP) is 3.85. The Morgan fingerprint density at radius 3 is 2.15 bits per heavy atom. The molecule has 0 aliphatic carbocycles. The van der Waals surface area contributed by atoms with Crippen LogP contribution in [0.1, 0.15) is 30.1 Å². The van der Waals surface area contributed by atoms with Crippen molar-refractivity contribution in [3.63, 3.8) is 0 Å². The summed E-state index contributed by atoms with van der Waals surface area (Å²) < 4.78 is 39.8. The van der Waals surface area contributed by atoms with Gasteiger partial charge in [-0.2, -0.15) is 0 Å². The molecule has 1 N–H and O–H groups in total. The van der Waals surface area contributed by atoms with Crippen LogP contribution in [0, 0.1) is 17.5 Å². The van der Waals surface area contributed by atoms with E-state index in [0.717, 1.165) is 12.1 Å². The molecule has 1 amide bonds. The number of carboxylic acids is 1. The van der Waals surface area contributed by atoms with Crippen LogP contribution in [0.15, 0.2) is 36.4 Å². The van der Waals surface area contributed by atoms with Crippen LogP contribution in [0.3, 0.4) is 0 Å². The number of hydrogen-bond acceptors (Lipinski definition) is 2. The number of aliphatic carboxylic acids is 1. The van der Waals surface area contributed by atoms with Gasteiger partial charge < -0.3 is 10.0 Å². The Labute approximate surface area is 147 Å². The number of carboxylic acid groups (broad SMARTS) is 1. The number of carbonyl (C=O) groups excluding carboxylic acids is 1. The van der Waals surface area contributed by atoms with E-state index >= 15 is 0 Å². The molecule has 4 nitrogen and oxygen atoms in total. The minimum absolute atomic E-state index is 0.136. The van der Waals surface area contributed by atoms with Gasteiger partial charge in [0.15, 0.2) is 17.5 Å². The first-order valence-corrected chi connectivity index (χ1v) is 8.04. The van der Waals surface area contributed by atoms with Crippen LogP contribution in [0.4, 0.5) is 13.2 Å². The van der Waals surface area contributed by atoms with Crippen molar-refractivity contribution in [1.29, 1.82) is 0 Å². The summed E-state index contributed by atoms with van der Waals surface area (Å²) in [5.41, 5.74) is -0.441. The van der Waals surface area contributed by atoms with Crippen molar-refractivity contribution >= 4 is 11.9 Å². The van der Waals surface area contributed by atoms with Gasteiger partial charge in [-0.15, -0.1) is 0 Å². The monoisotopic (exact) mass is 363 g/mol. The lowest BCUT2D eigenvalue weighted by atomic mass is 9.98. The molecular formula is C19H16F3NO3. The third kappa shape index (κ3) is 2.94. The van der Waals surface area contributed by atoms with Crippen molar-refractivity contribution in [3.8, 4) is 11.1 Å². The summed E-state index contributed by atoms with van der Waals surface area (Å²) in [6.45, 7) is 1.86. The van der Waals surface area contributed by atoms with Crippen molar-refractivity contribution in [1.82, 2.24) is 4.90 Å². The normalized spacial score (nSPS) is 19.6. The average molecular weight is 363 g/mol. The zero-order valence-corrected chi connectivity index (χ0v) is 13.9. The van der Waals surface area contributed by atoms with Crippen LogP contribution in [0.25, 0.3) is 11.1 Å². The minimum Gasteiger partial charge on any atom is -0.480 e. The highest BCUT2D eigenvalue weighted by Gasteiger charge is 2.46. The summed E-state index contributed by atoms with van der Waals surface area (Å²) >= 11 is 0. The van der Waals surface area contributed by atoms with Crippen LogP contribution >= 0.6 is 0 Å². The van der Waals surface area contributed by atoms with E-state index in [1.165, 1.54) is 36.1 Å². The van der Waals surface area contributed by atoms with E-state index in [1.807, 2.05) is 0 Å². The van der Waals surface area contributed by atoms with Gasteiger partial charge in [0.05, 0.1) is 0 Å². The van der Waals surface area contributed by atoms with Crippen LogP contribution < -0.4 is 0 Å². The lowest BCUT2D eigenvalue weighted by molar-refractivity contribution is -0.147. The Hall–Kier alpha value is -2.83. The fraction of sp³-hybridized carbons (Fsp3) is 0.263. The van der Waals surface area contributed by atoms with E-state index in [9.17, 15) is 27.9 Å². The van der Waals surface area contributed by atoms with Gasteiger partial charge in [-0.25, -0.2) is 18.0 Å². The molecule has 1 aliphatic rings. The molecule has 0 saturated carbocycles. The smallest absolute Gasteiger partial charge is 0.329 e. The molecule has 1 saturated heterocycles. The number of hydrogen-bond donors (Lipinski definition) is 1. The zero-order chi connectivity index (χ0) is 19.1.